The van der Waals surface area contributed by atoms with Crippen LogP contribution in [0.5, 0.6) is 0 Å². The zero-order chi connectivity index (χ0) is 30.9. The molecule has 4 heteroatoms. The Labute approximate surface area is 271 Å². The number of hydrogen-bond acceptors (Lipinski definition) is 2. The fraction of sp³-hybridized carbons (Fsp3) is 0. The lowest BCUT2D eigenvalue weighted by atomic mass is 9.94. The van der Waals surface area contributed by atoms with E-state index in [0.29, 0.717) is 0 Å². The number of anilines is 2. The first kappa shape index (κ1) is 25.9. The van der Waals surface area contributed by atoms with E-state index in [1.165, 1.54) is 43.8 Å². The highest BCUT2D eigenvalue weighted by atomic mass is 15.1. The molecule has 0 spiro atoms. The van der Waals surface area contributed by atoms with Gasteiger partial charge in [-0.05, 0) is 83.8 Å². The molecule has 10 rings (SSSR count). The molecule has 7 aromatic carbocycles. The molecule has 0 saturated heterocycles. The van der Waals surface area contributed by atoms with Gasteiger partial charge in [-0.15, -0.1) is 0 Å². The molecule has 0 fully saturated rings. The van der Waals surface area contributed by atoms with E-state index in [0.717, 1.165) is 39.5 Å². The second-order valence-electron chi connectivity index (χ2n) is 12.0. The van der Waals surface area contributed by atoms with Gasteiger partial charge in [0.05, 0.1) is 33.4 Å². The van der Waals surface area contributed by atoms with E-state index in [9.17, 15) is 0 Å². The van der Waals surface area contributed by atoms with Gasteiger partial charge in [0.25, 0.3) is 0 Å². The molecule has 9 aromatic rings. The molecule has 0 N–H and O–H groups in total. The van der Waals surface area contributed by atoms with Gasteiger partial charge in [-0.1, -0.05) is 91.0 Å². The van der Waals surface area contributed by atoms with Crippen LogP contribution in [0.4, 0.5) is 11.4 Å². The number of aromatic nitrogens is 3. The molecule has 0 atom stereocenters. The summed E-state index contributed by atoms with van der Waals surface area (Å²) in [5.74, 6) is 0.918. The number of nitrogens with zero attached hydrogens (tertiary/aromatic N) is 4. The van der Waals surface area contributed by atoms with Crippen molar-refractivity contribution in [3.05, 3.63) is 169 Å². The predicted molar refractivity (Wildman–Crippen MR) is 196 cm³/mol. The molecule has 0 saturated carbocycles. The van der Waals surface area contributed by atoms with Crippen LogP contribution in [0.1, 0.15) is 5.56 Å². The molecule has 2 aromatic heterocycles. The number of fused-ring (bicyclic) bond motifs is 5. The predicted octanol–water partition coefficient (Wildman–Crippen LogP) is 11.1. The van der Waals surface area contributed by atoms with Gasteiger partial charge in [0.2, 0.25) is 0 Å². The lowest BCUT2D eigenvalue weighted by Gasteiger charge is -2.27. The minimum absolute atomic E-state index is 0.918. The molecule has 1 aliphatic heterocycles. The van der Waals surface area contributed by atoms with Gasteiger partial charge in [-0.3, -0.25) is 4.57 Å². The van der Waals surface area contributed by atoms with Gasteiger partial charge in [0.15, 0.2) is 0 Å². The average molecular weight is 601 g/mol. The summed E-state index contributed by atoms with van der Waals surface area (Å²) in [4.78, 5) is 7.56. The van der Waals surface area contributed by atoms with Crippen molar-refractivity contribution < 1.29 is 0 Å². The van der Waals surface area contributed by atoms with Crippen molar-refractivity contribution in [3.8, 4) is 22.8 Å². The zero-order valence-corrected chi connectivity index (χ0v) is 25.5. The average Bonchev–Trinajstić information content (AvgIpc) is 3.69. The first-order chi connectivity index (χ1) is 23.3. The number of hydrogen-bond donors (Lipinski definition) is 0. The Balaban J connectivity index is 1.29. The largest absolute Gasteiger partial charge is 0.317 e. The first-order valence-corrected chi connectivity index (χ1v) is 16.0. The Hall–Kier alpha value is -6.39. The van der Waals surface area contributed by atoms with E-state index in [-0.39, 0.29) is 0 Å². The maximum absolute atomic E-state index is 5.26. The normalized spacial score (nSPS) is 12.6. The third kappa shape index (κ3) is 3.79. The fourth-order valence-electron chi connectivity index (χ4n) is 7.50. The maximum atomic E-state index is 5.26. The van der Waals surface area contributed by atoms with E-state index in [2.05, 4.69) is 184 Å². The van der Waals surface area contributed by atoms with Crippen molar-refractivity contribution in [3.63, 3.8) is 0 Å². The summed E-state index contributed by atoms with van der Waals surface area (Å²) in [6.07, 6.45) is 4.51. The summed E-state index contributed by atoms with van der Waals surface area (Å²) < 4.78 is 4.73. The third-order valence-electron chi connectivity index (χ3n) is 9.46. The second kappa shape index (κ2) is 10.1. The zero-order valence-electron chi connectivity index (χ0n) is 25.5. The number of benzene rings is 7. The Bertz CT molecular complexity index is 2680. The summed E-state index contributed by atoms with van der Waals surface area (Å²) in [7, 11) is 0. The SMILES string of the molecule is C1=CN(c2ccccc2)c2cccc3cc4c(c1c23)c1ccccc1n4-c1ccccc1-c1nc2ccccc2n1-c1ccccc1. The molecule has 0 bridgehead atoms. The minimum Gasteiger partial charge on any atom is -0.317 e. The van der Waals surface area contributed by atoms with Crippen molar-refractivity contribution in [2.24, 2.45) is 0 Å². The topological polar surface area (TPSA) is 26.0 Å². The summed E-state index contributed by atoms with van der Waals surface area (Å²) >= 11 is 0. The lowest BCUT2D eigenvalue weighted by molar-refractivity contribution is 1.09. The molecule has 3 heterocycles. The number of imidazole rings is 1. The molecule has 0 unspecified atom stereocenters. The Morgan fingerprint density at radius 3 is 2.00 bits per heavy atom. The Morgan fingerprint density at radius 1 is 0.468 bits per heavy atom. The summed E-state index contributed by atoms with van der Waals surface area (Å²) in [6, 6.07) is 56.0. The van der Waals surface area contributed by atoms with Crippen molar-refractivity contribution in [2.45, 2.75) is 0 Å². The number of rotatable bonds is 4. The van der Waals surface area contributed by atoms with Crippen LogP contribution in [0.3, 0.4) is 0 Å². The quantitative estimate of drug-likeness (QED) is 0.201. The van der Waals surface area contributed by atoms with Crippen molar-refractivity contribution in [2.75, 3.05) is 4.90 Å². The highest BCUT2D eigenvalue weighted by molar-refractivity contribution is 6.22. The van der Waals surface area contributed by atoms with Crippen LogP contribution in [0.15, 0.2) is 164 Å². The molecule has 4 nitrogen and oxygen atoms in total. The highest BCUT2D eigenvalue weighted by Crippen LogP contribution is 2.46. The Kier molecular flexibility index (Phi) is 5.54. The molecule has 0 amide bonds. The van der Waals surface area contributed by atoms with E-state index in [4.69, 9.17) is 4.98 Å². The lowest BCUT2D eigenvalue weighted by Crippen LogP contribution is -2.11. The van der Waals surface area contributed by atoms with E-state index < -0.39 is 0 Å². The van der Waals surface area contributed by atoms with Gasteiger partial charge in [-0.25, -0.2) is 4.98 Å². The van der Waals surface area contributed by atoms with Crippen LogP contribution in [-0.2, 0) is 0 Å². The summed E-state index contributed by atoms with van der Waals surface area (Å²) in [5, 5.41) is 4.98. The standard InChI is InChI=1S/C43H28N4/c1-3-15-30(16-4-1)45-27-26-34-41-29(14-13-25-39(41)45)28-40-42(34)32-19-7-10-22-36(32)47(40)37-23-11-8-20-33(37)43-44-35-21-9-12-24-38(35)46(43)31-17-5-2-6-18-31/h1-28H. The minimum atomic E-state index is 0.918. The Morgan fingerprint density at radius 2 is 1.15 bits per heavy atom. The van der Waals surface area contributed by atoms with Crippen molar-refractivity contribution in [1.29, 1.82) is 0 Å². The van der Waals surface area contributed by atoms with Gasteiger partial charge in [0.1, 0.15) is 5.82 Å². The van der Waals surface area contributed by atoms with Crippen LogP contribution < -0.4 is 4.90 Å². The van der Waals surface area contributed by atoms with Crippen molar-refractivity contribution in [1.82, 2.24) is 14.1 Å². The molecule has 1 aliphatic rings. The van der Waals surface area contributed by atoms with E-state index in [1.807, 2.05) is 0 Å². The number of para-hydroxylation sites is 6. The van der Waals surface area contributed by atoms with Crippen molar-refractivity contribution >= 4 is 61.1 Å². The van der Waals surface area contributed by atoms with Gasteiger partial charge in [-0.2, -0.15) is 0 Å². The monoisotopic (exact) mass is 600 g/mol. The highest BCUT2D eigenvalue weighted by Gasteiger charge is 2.25. The molecular weight excluding hydrogens is 573 g/mol. The maximum Gasteiger partial charge on any atom is 0.147 e. The van der Waals surface area contributed by atoms with Gasteiger partial charge in [0, 0.05) is 39.3 Å². The molecule has 0 radical (unpaired) electrons. The fourth-order valence-corrected chi connectivity index (χ4v) is 7.50. The van der Waals surface area contributed by atoms with Gasteiger partial charge >= 0.3 is 0 Å². The second-order valence-corrected chi connectivity index (χ2v) is 12.0. The van der Waals surface area contributed by atoms with Crippen LogP contribution >= 0.6 is 0 Å². The van der Waals surface area contributed by atoms with Crippen LogP contribution in [-0.4, -0.2) is 14.1 Å². The summed E-state index contributed by atoms with van der Waals surface area (Å²) in [5.41, 5.74) is 11.3. The molecule has 47 heavy (non-hydrogen) atoms. The van der Waals surface area contributed by atoms with Gasteiger partial charge < -0.3 is 9.47 Å². The smallest absolute Gasteiger partial charge is 0.147 e. The van der Waals surface area contributed by atoms with Crippen LogP contribution in [0, 0.1) is 0 Å². The molecular formula is C43H28N4. The van der Waals surface area contributed by atoms with E-state index in [1.54, 1.807) is 0 Å². The van der Waals surface area contributed by atoms with E-state index >= 15 is 0 Å². The van der Waals surface area contributed by atoms with Crippen LogP contribution in [0.2, 0.25) is 0 Å². The summed E-state index contributed by atoms with van der Waals surface area (Å²) in [6.45, 7) is 0. The molecule has 220 valence electrons. The third-order valence-corrected chi connectivity index (χ3v) is 9.46. The van der Waals surface area contributed by atoms with Crippen LogP contribution in [0.25, 0.3) is 72.5 Å². The molecule has 0 aliphatic carbocycles. The first-order valence-electron chi connectivity index (χ1n) is 16.0.